The molecule has 42 heavy (non-hydrogen) atoms. The van der Waals surface area contributed by atoms with Crippen molar-refractivity contribution in [2.24, 2.45) is 0 Å². The fraction of sp³-hybridized carbons (Fsp3) is 0.167. The summed E-state index contributed by atoms with van der Waals surface area (Å²) in [5.41, 5.74) is 0.0894. The van der Waals surface area contributed by atoms with Crippen LogP contribution in [0.1, 0.15) is 11.1 Å². The third-order valence-corrected chi connectivity index (χ3v) is 8.26. The summed E-state index contributed by atoms with van der Waals surface area (Å²) in [6.45, 7) is -0.441. The number of nitrogens with zero attached hydrogens (tertiary/aromatic N) is 1. The first-order chi connectivity index (χ1) is 20.1. The quantitative estimate of drug-likeness (QED) is 0.215. The number of para-hydroxylation sites is 1. The Morgan fingerprint density at radius 3 is 2.24 bits per heavy atom. The summed E-state index contributed by atoms with van der Waals surface area (Å²) in [6.07, 6.45) is -1.09. The van der Waals surface area contributed by atoms with Gasteiger partial charge in [0.25, 0.3) is 10.0 Å². The Balaban J connectivity index is 1.72. The Bertz CT molecular complexity index is 1650. The minimum Gasteiger partial charge on any atom is -0.493 e. The van der Waals surface area contributed by atoms with Gasteiger partial charge in [0.2, 0.25) is 0 Å². The van der Waals surface area contributed by atoms with Crippen LogP contribution in [-0.4, -0.2) is 41.8 Å². The fourth-order valence-electron chi connectivity index (χ4n) is 4.20. The molecule has 0 aliphatic carbocycles. The second-order valence-corrected chi connectivity index (χ2v) is 11.2. The summed E-state index contributed by atoms with van der Waals surface area (Å²) in [5.74, 6) is -0.791. The summed E-state index contributed by atoms with van der Waals surface area (Å²) >= 11 is 6.24. The van der Waals surface area contributed by atoms with E-state index in [1.165, 1.54) is 56.7 Å². The van der Waals surface area contributed by atoms with Crippen molar-refractivity contribution in [3.63, 3.8) is 0 Å². The van der Waals surface area contributed by atoms with Crippen molar-refractivity contribution < 1.29 is 36.2 Å². The monoisotopic (exact) mass is 616 g/mol. The summed E-state index contributed by atoms with van der Waals surface area (Å²) in [4.78, 5) is 12.3. The molecule has 0 saturated carbocycles. The lowest BCUT2D eigenvalue weighted by Crippen LogP contribution is -2.40. The molecule has 0 spiro atoms. The van der Waals surface area contributed by atoms with Crippen LogP contribution >= 0.6 is 11.6 Å². The van der Waals surface area contributed by atoms with Crippen molar-refractivity contribution in [1.29, 1.82) is 0 Å². The van der Waals surface area contributed by atoms with Gasteiger partial charge >= 0.3 is 6.09 Å². The Hall–Kier alpha value is -4.35. The number of amides is 1. The first-order valence-corrected chi connectivity index (χ1v) is 14.4. The van der Waals surface area contributed by atoms with Crippen LogP contribution in [0, 0.1) is 11.6 Å². The summed E-state index contributed by atoms with van der Waals surface area (Å²) in [6, 6.07) is 20.2. The van der Waals surface area contributed by atoms with Crippen molar-refractivity contribution >= 4 is 33.4 Å². The standard InChI is InChI=1S/C30H27ClF2N2O6S/c1-39-28-14-12-23(19-29(28)40-2)42(37,38)35(16-15-34-30(36)41-22-7-4-3-5-8-22)27-13-11-21(31)17-20(27)18-24-25(32)9-6-10-26(24)33/h3-14,17,19H,15-16,18H2,1-2H3,(H,34,36). The minimum absolute atomic E-state index is 0.107. The number of nitrogens with one attached hydrogen (secondary N) is 1. The Labute approximate surface area is 247 Å². The van der Waals surface area contributed by atoms with Crippen LogP contribution in [0.25, 0.3) is 0 Å². The van der Waals surface area contributed by atoms with E-state index in [1.807, 2.05) is 0 Å². The molecule has 0 radical (unpaired) electrons. The Kier molecular flexibility index (Phi) is 9.87. The molecule has 220 valence electrons. The number of anilines is 1. The first kappa shape index (κ1) is 30.6. The van der Waals surface area contributed by atoms with Crippen LogP contribution in [-0.2, 0) is 16.4 Å². The molecule has 0 aromatic heterocycles. The van der Waals surface area contributed by atoms with E-state index < -0.39 is 27.8 Å². The Morgan fingerprint density at radius 1 is 0.881 bits per heavy atom. The molecule has 1 N–H and O–H groups in total. The molecule has 0 heterocycles. The number of sulfonamides is 1. The number of halogens is 3. The molecule has 8 nitrogen and oxygen atoms in total. The number of carbonyl (C=O) groups excluding carboxylic acids is 1. The smallest absolute Gasteiger partial charge is 0.412 e. The molecule has 0 aliphatic heterocycles. The molecular formula is C30H27ClF2N2O6S. The molecule has 4 aromatic carbocycles. The molecule has 4 aromatic rings. The van der Waals surface area contributed by atoms with Gasteiger partial charge < -0.3 is 19.5 Å². The fourth-order valence-corrected chi connectivity index (χ4v) is 5.91. The van der Waals surface area contributed by atoms with E-state index in [9.17, 15) is 22.0 Å². The molecule has 1 amide bonds. The van der Waals surface area contributed by atoms with E-state index >= 15 is 0 Å². The van der Waals surface area contributed by atoms with Crippen LogP contribution in [0.3, 0.4) is 0 Å². The van der Waals surface area contributed by atoms with Crippen molar-refractivity contribution in [2.75, 3.05) is 31.6 Å². The molecule has 4 rings (SSSR count). The number of benzene rings is 4. The maximum atomic E-state index is 14.6. The van der Waals surface area contributed by atoms with E-state index in [4.69, 9.17) is 25.8 Å². The zero-order chi connectivity index (χ0) is 30.3. The number of ether oxygens (including phenoxy) is 3. The van der Waals surface area contributed by atoms with Gasteiger partial charge in [-0.05, 0) is 60.2 Å². The van der Waals surface area contributed by atoms with E-state index in [0.717, 1.165) is 16.4 Å². The van der Waals surface area contributed by atoms with Gasteiger partial charge in [-0.1, -0.05) is 35.9 Å². The third-order valence-electron chi connectivity index (χ3n) is 6.22. The second-order valence-electron chi connectivity index (χ2n) is 8.87. The van der Waals surface area contributed by atoms with Gasteiger partial charge in [0, 0.05) is 29.6 Å². The average molecular weight is 617 g/mol. The predicted molar refractivity (Wildman–Crippen MR) is 155 cm³/mol. The molecule has 0 fully saturated rings. The van der Waals surface area contributed by atoms with Gasteiger partial charge in [0.1, 0.15) is 17.4 Å². The van der Waals surface area contributed by atoms with E-state index in [-0.39, 0.29) is 52.0 Å². The zero-order valence-corrected chi connectivity index (χ0v) is 24.2. The highest BCUT2D eigenvalue weighted by Gasteiger charge is 2.29. The molecule has 0 saturated heterocycles. The maximum absolute atomic E-state index is 14.6. The van der Waals surface area contributed by atoms with Crippen molar-refractivity contribution in [3.8, 4) is 17.2 Å². The van der Waals surface area contributed by atoms with E-state index in [0.29, 0.717) is 11.5 Å². The van der Waals surface area contributed by atoms with Crippen molar-refractivity contribution in [1.82, 2.24) is 5.32 Å². The number of hydrogen-bond acceptors (Lipinski definition) is 6. The van der Waals surface area contributed by atoms with Gasteiger partial charge in [-0.3, -0.25) is 4.31 Å². The zero-order valence-electron chi connectivity index (χ0n) is 22.6. The normalized spacial score (nSPS) is 11.1. The summed E-state index contributed by atoms with van der Waals surface area (Å²) < 4.78 is 74.2. The topological polar surface area (TPSA) is 94.2 Å². The van der Waals surface area contributed by atoms with Gasteiger partial charge in [0.15, 0.2) is 11.5 Å². The molecular weight excluding hydrogens is 590 g/mol. The number of hydrogen-bond donors (Lipinski definition) is 1. The van der Waals surface area contributed by atoms with Crippen molar-refractivity contribution in [3.05, 3.63) is 113 Å². The largest absolute Gasteiger partial charge is 0.493 e. The molecule has 0 atom stereocenters. The molecule has 0 bridgehead atoms. The number of carbonyl (C=O) groups is 1. The molecule has 12 heteroatoms. The lowest BCUT2D eigenvalue weighted by Gasteiger charge is -2.27. The van der Waals surface area contributed by atoms with Gasteiger partial charge in [0.05, 0.1) is 31.3 Å². The van der Waals surface area contributed by atoms with Crippen molar-refractivity contribution in [2.45, 2.75) is 11.3 Å². The SMILES string of the molecule is COc1ccc(S(=O)(=O)N(CCNC(=O)Oc2ccccc2)c2ccc(Cl)cc2Cc2c(F)cccc2F)cc1OC. The minimum atomic E-state index is -4.34. The highest BCUT2D eigenvalue weighted by molar-refractivity contribution is 7.92. The summed E-state index contributed by atoms with van der Waals surface area (Å²) in [7, 11) is -1.55. The lowest BCUT2D eigenvalue weighted by atomic mass is 10.0. The third kappa shape index (κ3) is 7.10. The van der Waals surface area contributed by atoms with Crippen LogP contribution in [0.5, 0.6) is 17.2 Å². The first-order valence-electron chi connectivity index (χ1n) is 12.6. The van der Waals surface area contributed by atoms with Crippen LogP contribution in [0.4, 0.5) is 19.3 Å². The molecule has 0 unspecified atom stereocenters. The second kappa shape index (κ2) is 13.5. The number of rotatable bonds is 11. The number of methoxy groups -OCH3 is 2. The predicted octanol–water partition coefficient (Wildman–Crippen LogP) is 6.21. The van der Waals surface area contributed by atoms with E-state index in [1.54, 1.807) is 30.3 Å². The van der Waals surface area contributed by atoms with Crippen LogP contribution < -0.4 is 23.8 Å². The Morgan fingerprint density at radius 2 is 1.57 bits per heavy atom. The summed E-state index contributed by atoms with van der Waals surface area (Å²) in [5, 5.41) is 2.77. The van der Waals surface area contributed by atoms with Crippen LogP contribution in [0.15, 0.2) is 89.8 Å². The van der Waals surface area contributed by atoms with Gasteiger partial charge in [-0.15, -0.1) is 0 Å². The van der Waals surface area contributed by atoms with Gasteiger partial charge in [-0.2, -0.15) is 0 Å². The van der Waals surface area contributed by atoms with Crippen LogP contribution in [0.2, 0.25) is 5.02 Å². The van der Waals surface area contributed by atoms with E-state index in [2.05, 4.69) is 5.32 Å². The average Bonchev–Trinajstić information content (AvgIpc) is 2.97. The lowest BCUT2D eigenvalue weighted by molar-refractivity contribution is 0.201. The maximum Gasteiger partial charge on any atom is 0.412 e. The van der Waals surface area contributed by atoms with Gasteiger partial charge in [-0.25, -0.2) is 22.0 Å². The highest BCUT2D eigenvalue weighted by Crippen LogP contribution is 2.35. The highest BCUT2D eigenvalue weighted by atomic mass is 35.5. The molecule has 0 aliphatic rings.